The van der Waals surface area contributed by atoms with E-state index in [2.05, 4.69) is 10.4 Å². The van der Waals surface area contributed by atoms with Crippen LogP contribution in [-0.4, -0.2) is 26.1 Å². The first kappa shape index (κ1) is 13.0. The Morgan fingerprint density at radius 1 is 1.56 bits per heavy atom. The molecule has 88 valence electrons. The summed E-state index contributed by atoms with van der Waals surface area (Å²) in [4.78, 5) is 4.28. The van der Waals surface area contributed by atoms with Crippen LogP contribution in [0.2, 0.25) is 5.02 Å². The molecular formula is C11H16ClN3O. The molecule has 0 amide bonds. The van der Waals surface area contributed by atoms with Crippen molar-refractivity contribution in [3.05, 3.63) is 34.3 Å². The van der Waals surface area contributed by atoms with Crippen LogP contribution >= 0.6 is 11.6 Å². The van der Waals surface area contributed by atoms with Gasteiger partial charge in [-0.3, -0.25) is 4.99 Å². The van der Waals surface area contributed by atoms with Gasteiger partial charge in [-0.2, -0.15) is 0 Å². The Kier molecular flexibility index (Phi) is 5.25. The van der Waals surface area contributed by atoms with E-state index in [-0.39, 0.29) is 0 Å². The Hall–Kier alpha value is -1.10. The Bertz CT molecular complexity index is 379. The summed E-state index contributed by atoms with van der Waals surface area (Å²) in [6.07, 6.45) is 0. The molecule has 0 heterocycles. The molecule has 0 aromatic heterocycles. The first-order valence-electron chi connectivity index (χ1n) is 4.96. The molecule has 4 nitrogen and oxygen atoms in total. The molecule has 0 saturated heterocycles. The third-order valence-corrected chi connectivity index (χ3v) is 2.65. The summed E-state index contributed by atoms with van der Waals surface area (Å²) in [5.41, 5.74) is 4.36. The highest BCUT2D eigenvalue weighted by molar-refractivity contribution is 6.34. The highest BCUT2D eigenvalue weighted by atomic mass is 35.5. The van der Waals surface area contributed by atoms with Crippen LogP contribution in [0.4, 0.5) is 0 Å². The van der Waals surface area contributed by atoms with Gasteiger partial charge in [0.05, 0.1) is 18.2 Å². The minimum absolute atomic E-state index is 0.542. The van der Waals surface area contributed by atoms with Crippen molar-refractivity contribution in [2.45, 2.75) is 6.92 Å². The Labute approximate surface area is 100 Å². The molecule has 5 heteroatoms. The molecular weight excluding hydrogens is 226 g/mol. The van der Waals surface area contributed by atoms with Crippen molar-refractivity contribution in [2.24, 2.45) is 10.8 Å². The second kappa shape index (κ2) is 6.48. The molecule has 0 saturated carbocycles. The number of hydrogen-bond donors (Lipinski definition) is 2. The fourth-order valence-corrected chi connectivity index (χ4v) is 1.50. The number of benzene rings is 1. The Morgan fingerprint density at radius 2 is 2.31 bits per heavy atom. The molecule has 1 rings (SSSR count). The zero-order valence-corrected chi connectivity index (χ0v) is 10.2. The van der Waals surface area contributed by atoms with Crippen LogP contribution < -0.4 is 11.3 Å². The first-order valence-corrected chi connectivity index (χ1v) is 5.34. The van der Waals surface area contributed by atoms with Crippen molar-refractivity contribution in [2.75, 3.05) is 20.3 Å². The monoisotopic (exact) mass is 241 g/mol. The third-order valence-electron chi connectivity index (χ3n) is 2.15. The lowest BCUT2D eigenvalue weighted by Crippen LogP contribution is -2.32. The number of hydrazine groups is 1. The van der Waals surface area contributed by atoms with E-state index in [1.807, 2.05) is 25.1 Å². The Morgan fingerprint density at radius 3 is 2.94 bits per heavy atom. The number of amidine groups is 1. The largest absolute Gasteiger partial charge is 0.383 e. The summed E-state index contributed by atoms with van der Waals surface area (Å²) in [5.74, 6) is 6.00. The summed E-state index contributed by atoms with van der Waals surface area (Å²) in [7, 11) is 1.63. The zero-order chi connectivity index (χ0) is 12.0. The van der Waals surface area contributed by atoms with Gasteiger partial charge in [-0.15, -0.1) is 0 Å². The molecule has 0 radical (unpaired) electrons. The number of nitrogens with zero attached hydrogens (tertiary/aromatic N) is 1. The van der Waals surface area contributed by atoms with E-state index in [4.69, 9.17) is 22.2 Å². The molecule has 1 aromatic rings. The number of halogens is 1. The van der Waals surface area contributed by atoms with E-state index in [0.717, 1.165) is 11.1 Å². The second-order valence-corrected chi connectivity index (χ2v) is 3.68. The fraction of sp³-hybridized carbons (Fsp3) is 0.364. The number of methoxy groups -OCH3 is 1. The maximum absolute atomic E-state index is 6.17. The van der Waals surface area contributed by atoms with Crippen LogP contribution in [0.1, 0.15) is 11.1 Å². The van der Waals surface area contributed by atoms with Gasteiger partial charge in [0.2, 0.25) is 0 Å². The summed E-state index contributed by atoms with van der Waals surface area (Å²) >= 11 is 6.17. The SMILES string of the molecule is COCCN=C(NN)c1cccc(C)c1Cl. The molecule has 0 atom stereocenters. The van der Waals surface area contributed by atoms with E-state index >= 15 is 0 Å². The number of ether oxygens (including phenoxy) is 1. The van der Waals surface area contributed by atoms with Gasteiger partial charge in [-0.25, -0.2) is 5.84 Å². The fourth-order valence-electron chi connectivity index (χ4n) is 1.29. The molecule has 0 aliphatic carbocycles. The van der Waals surface area contributed by atoms with E-state index in [1.165, 1.54) is 0 Å². The van der Waals surface area contributed by atoms with Gasteiger partial charge < -0.3 is 10.2 Å². The summed E-state index contributed by atoms with van der Waals surface area (Å²) < 4.78 is 4.92. The van der Waals surface area contributed by atoms with Crippen molar-refractivity contribution >= 4 is 17.4 Å². The number of aryl methyl sites for hydroxylation is 1. The lowest BCUT2D eigenvalue weighted by Gasteiger charge is -2.09. The highest BCUT2D eigenvalue weighted by Crippen LogP contribution is 2.20. The minimum atomic E-state index is 0.542. The van der Waals surface area contributed by atoms with Crippen LogP contribution in [0.25, 0.3) is 0 Å². The quantitative estimate of drug-likeness (QED) is 0.276. The third kappa shape index (κ3) is 3.20. The number of aliphatic imine (C=N–C) groups is 1. The van der Waals surface area contributed by atoms with Gasteiger partial charge in [0, 0.05) is 12.7 Å². The maximum Gasteiger partial charge on any atom is 0.144 e. The molecule has 0 spiro atoms. The number of nitrogens with one attached hydrogen (secondary N) is 1. The molecule has 0 fully saturated rings. The van der Waals surface area contributed by atoms with Crippen molar-refractivity contribution in [1.29, 1.82) is 0 Å². The normalized spacial score (nSPS) is 11.6. The standard InChI is InChI=1S/C11H16ClN3O/c1-8-4-3-5-9(10(8)12)11(15-13)14-6-7-16-2/h3-5H,6-7,13H2,1-2H3,(H,14,15). The number of rotatable bonds is 4. The Balaban J connectivity index is 2.95. The second-order valence-electron chi connectivity index (χ2n) is 3.30. The van der Waals surface area contributed by atoms with E-state index in [9.17, 15) is 0 Å². The van der Waals surface area contributed by atoms with Crippen molar-refractivity contribution in [3.63, 3.8) is 0 Å². The molecule has 0 unspecified atom stereocenters. The van der Waals surface area contributed by atoms with Gasteiger partial charge >= 0.3 is 0 Å². The summed E-state index contributed by atoms with van der Waals surface area (Å²) in [6.45, 7) is 3.03. The van der Waals surface area contributed by atoms with Crippen molar-refractivity contribution in [1.82, 2.24) is 5.43 Å². The van der Waals surface area contributed by atoms with Crippen LogP contribution in [0.3, 0.4) is 0 Å². The summed E-state index contributed by atoms with van der Waals surface area (Å²) in [5, 5.41) is 0.664. The van der Waals surface area contributed by atoms with Gasteiger partial charge in [0.1, 0.15) is 5.84 Å². The summed E-state index contributed by atoms with van der Waals surface area (Å²) in [6, 6.07) is 5.73. The minimum Gasteiger partial charge on any atom is -0.383 e. The highest BCUT2D eigenvalue weighted by Gasteiger charge is 2.08. The number of nitrogens with two attached hydrogens (primary N) is 1. The first-order chi connectivity index (χ1) is 7.70. The van der Waals surface area contributed by atoms with E-state index in [1.54, 1.807) is 7.11 Å². The topological polar surface area (TPSA) is 59.6 Å². The zero-order valence-electron chi connectivity index (χ0n) is 9.46. The predicted molar refractivity (Wildman–Crippen MR) is 66.8 cm³/mol. The van der Waals surface area contributed by atoms with Crippen molar-refractivity contribution < 1.29 is 4.74 Å². The van der Waals surface area contributed by atoms with E-state index < -0.39 is 0 Å². The van der Waals surface area contributed by atoms with Crippen LogP contribution in [0, 0.1) is 6.92 Å². The van der Waals surface area contributed by atoms with Crippen LogP contribution in [-0.2, 0) is 4.74 Å². The molecule has 1 aromatic carbocycles. The average Bonchev–Trinajstić information content (AvgIpc) is 2.29. The molecule has 16 heavy (non-hydrogen) atoms. The molecule has 0 bridgehead atoms. The van der Waals surface area contributed by atoms with Gasteiger partial charge in [-0.05, 0) is 18.6 Å². The molecule has 0 aliphatic heterocycles. The molecule has 0 aliphatic rings. The van der Waals surface area contributed by atoms with Crippen molar-refractivity contribution in [3.8, 4) is 0 Å². The van der Waals surface area contributed by atoms with E-state index in [0.29, 0.717) is 24.0 Å². The smallest absolute Gasteiger partial charge is 0.144 e. The lowest BCUT2D eigenvalue weighted by molar-refractivity contribution is 0.208. The predicted octanol–water partition coefficient (Wildman–Crippen LogP) is 1.50. The average molecular weight is 242 g/mol. The van der Waals surface area contributed by atoms with Crippen LogP contribution in [0.5, 0.6) is 0 Å². The van der Waals surface area contributed by atoms with Gasteiger partial charge in [0.15, 0.2) is 0 Å². The van der Waals surface area contributed by atoms with Gasteiger partial charge in [-0.1, -0.05) is 23.7 Å². The van der Waals surface area contributed by atoms with Crippen LogP contribution in [0.15, 0.2) is 23.2 Å². The molecule has 3 N–H and O–H groups in total. The maximum atomic E-state index is 6.17. The lowest BCUT2D eigenvalue weighted by atomic mass is 10.1. The number of hydrogen-bond acceptors (Lipinski definition) is 3. The van der Waals surface area contributed by atoms with Gasteiger partial charge in [0.25, 0.3) is 0 Å².